The molecule has 1 aromatic rings. The second-order valence-electron chi connectivity index (χ2n) is 6.26. The van der Waals surface area contributed by atoms with Crippen LogP contribution in [0.1, 0.15) is 36.8 Å². The van der Waals surface area contributed by atoms with Gasteiger partial charge in [-0.1, -0.05) is 30.7 Å². The van der Waals surface area contributed by atoms with E-state index < -0.39 is 6.04 Å². The van der Waals surface area contributed by atoms with Crippen molar-refractivity contribution >= 4 is 30.1 Å². The molecule has 1 aromatic carbocycles. The van der Waals surface area contributed by atoms with Crippen LogP contribution in [0.5, 0.6) is 0 Å². The molecule has 4 nitrogen and oxygen atoms in total. The molecule has 1 aliphatic rings. The topological polar surface area (TPSA) is 58.4 Å². The molecule has 0 unspecified atom stereocenters. The molecule has 1 saturated heterocycles. The zero-order valence-corrected chi connectivity index (χ0v) is 16.1. The standard InChI is InChI=1S/C18H29N3OS.ClH/c1-23-12-9-17(19)18(22)20-13-15-5-7-16(8-6-15)14-21-10-3-2-4-11-21;/h5-8,17H,2-4,9-14,19H2,1H3,(H,20,22);1H/t17-;/m0./s1. The van der Waals surface area contributed by atoms with E-state index in [1.54, 1.807) is 11.8 Å². The number of hydrogen-bond acceptors (Lipinski definition) is 4. The minimum absolute atomic E-state index is 0. The molecule has 6 heteroatoms. The van der Waals surface area contributed by atoms with Crippen molar-refractivity contribution < 1.29 is 4.79 Å². The number of nitrogens with zero attached hydrogens (tertiary/aromatic N) is 1. The summed E-state index contributed by atoms with van der Waals surface area (Å²) >= 11 is 1.71. The highest BCUT2D eigenvalue weighted by atomic mass is 35.5. The first-order chi connectivity index (χ1) is 11.2. The van der Waals surface area contributed by atoms with Gasteiger partial charge in [-0.25, -0.2) is 0 Å². The maximum absolute atomic E-state index is 11.9. The Bertz CT molecular complexity index is 478. The number of nitrogens with one attached hydrogen (secondary N) is 1. The number of thioether (sulfide) groups is 1. The van der Waals surface area contributed by atoms with Gasteiger partial charge in [0.2, 0.25) is 5.91 Å². The fraction of sp³-hybridized carbons (Fsp3) is 0.611. The van der Waals surface area contributed by atoms with Crippen molar-refractivity contribution in [1.29, 1.82) is 0 Å². The zero-order chi connectivity index (χ0) is 16.5. The number of nitrogens with two attached hydrogens (primary N) is 1. The van der Waals surface area contributed by atoms with Crippen molar-refractivity contribution in [3.8, 4) is 0 Å². The first-order valence-electron chi connectivity index (χ1n) is 8.51. The molecule has 1 amide bonds. The summed E-state index contributed by atoms with van der Waals surface area (Å²) in [4.78, 5) is 14.4. The quantitative estimate of drug-likeness (QED) is 0.737. The first-order valence-corrected chi connectivity index (χ1v) is 9.91. The molecule has 1 heterocycles. The lowest BCUT2D eigenvalue weighted by atomic mass is 10.1. The zero-order valence-electron chi connectivity index (χ0n) is 14.5. The van der Waals surface area contributed by atoms with E-state index in [4.69, 9.17) is 5.73 Å². The Hall–Kier alpha value is -0.750. The second kappa shape index (κ2) is 11.7. The van der Waals surface area contributed by atoms with Crippen LogP contribution in [0.15, 0.2) is 24.3 Å². The molecule has 0 bridgehead atoms. The molecule has 1 aliphatic heterocycles. The summed E-state index contributed by atoms with van der Waals surface area (Å²) in [6.45, 7) is 4.01. The Morgan fingerprint density at radius 1 is 1.21 bits per heavy atom. The van der Waals surface area contributed by atoms with Gasteiger partial charge in [-0.3, -0.25) is 9.69 Å². The number of hydrogen-bond donors (Lipinski definition) is 2. The largest absolute Gasteiger partial charge is 0.351 e. The maximum atomic E-state index is 11.9. The Labute approximate surface area is 156 Å². The van der Waals surface area contributed by atoms with Crippen molar-refractivity contribution in [2.45, 2.75) is 44.8 Å². The maximum Gasteiger partial charge on any atom is 0.237 e. The molecule has 1 atom stereocenters. The number of piperidine rings is 1. The van der Waals surface area contributed by atoms with Crippen LogP contribution in [0.2, 0.25) is 0 Å². The van der Waals surface area contributed by atoms with Crippen LogP contribution in [-0.4, -0.2) is 41.9 Å². The van der Waals surface area contributed by atoms with Crippen LogP contribution >= 0.6 is 24.2 Å². The van der Waals surface area contributed by atoms with Gasteiger partial charge in [-0.05, 0) is 55.5 Å². The molecule has 0 saturated carbocycles. The number of halogens is 1. The molecule has 0 spiro atoms. The van der Waals surface area contributed by atoms with E-state index in [1.165, 1.54) is 37.9 Å². The first kappa shape index (κ1) is 21.3. The highest BCUT2D eigenvalue weighted by Crippen LogP contribution is 2.13. The number of benzene rings is 1. The summed E-state index contributed by atoms with van der Waals surface area (Å²) in [5, 5.41) is 2.92. The van der Waals surface area contributed by atoms with Crippen molar-refractivity contribution in [2.24, 2.45) is 5.73 Å². The second-order valence-corrected chi connectivity index (χ2v) is 7.24. The van der Waals surface area contributed by atoms with Gasteiger partial charge in [0, 0.05) is 13.1 Å². The summed E-state index contributed by atoms with van der Waals surface area (Å²) in [7, 11) is 0. The Kier molecular flexibility index (Phi) is 10.4. The average Bonchev–Trinajstić information content (AvgIpc) is 2.59. The minimum atomic E-state index is -0.402. The molecule has 1 fully saturated rings. The number of carbonyl (C=O) groups excluding carboxylic acids is 1. The van der Waals surface area contributed by atoms with Crippen molar-refractivity contribution in [3.63, 3.8) is 0 Å². The molecule has 0 aliphatic carbocycles. The molecule has 24 heavy (non-hydrogen) atoms. The monoisotopic (exact) mass is 371 g/mol. The SMILES string of the molecule is CSCC[C@H](N)C(=O)NCc1ccc(CN2CCCCC2)cc1.Cl. The van der Waals surface area contributed by atoms with Gasteiger partial charge >= 0.3 is 0 Å². The normalized spacial score (nSPS) is 16.2. The van der Waals surface area contributed by atoms with E-state index in [0.717, 1.165) is 24.3 Å². The van der Waals surface area contributed by atoms with Crippen LogP contribution in [-0.2, 0) is 17.9 Å². The number of carbonyl (C=O) groups is 1. The van der Waals surface area contributed by atoms with E-state index in [0.29, 0.717) is 6.54 Å². The third kappa shape index (κ3) is 7.43. The Balaban J connectivity index is 0.00000288. The van der Waals surface area contributed by atoms with Crippen LogP contribution in [0.25, 0.3) is 0 Å². The molecule has 0 radical (unpaired) electrons. The van der Waals surface area contributed by atoms with Gasteiger partial charge < -0.3 is 11.1 Å². The highest BCUT2D eigenvalue weighted by Gasteiger charge is 2.12. The van der Waals surface area contributed by atoms with Gasteiger partial charge in [-0.15, -0.1) is 12.4 Å². The average molecular weight is 372 g/mol. The molecule has 2 rings (SSSR count). The smallest absolute Gasteiger partial charge is 0.237 e. The molecule has 0 aromatic heterocycles. The summed E-state index contributed by atoms with van der Waals surface area (Å²) in [6.07, 6.45) is 6.76. The van der Waals surface area contributed by atoms with E-state index in [2.05, 4.69) is 34.5 Å². The van der Waals surface area contributed by atoms with Gasteiger partial charge in [0.05, 0.1) is 6.04 Å². The van der Waals surface area contributed by atoms with Crippen LogP contribution in [0, 0.1) is 0 Å². The predicted octanol–water partition coefficient (Wildman–Crippen LogP) is 2.79. The molecule has 136 valence electrons. The van der Waals surface area contributed by atoms with Crippen molar-refractivity contribution in [2.75, 3.05) is 25.1 Å². The van der Waals surface area contributed by atoms with Crippen LogP contribution in [0.3, 0.4) is 0 Å². The summed E-state index contributed by atoms with van der Waals surface area (Å²) < 4.78 is 0. The lowest BCUT2D eigenvalue weighted by Gasteiger charge is -2.26. The molecular weight excluding hydrogens is 342 g/mol. The molecular formula is C18H30ClN3OS. The molecule has 3 N–H and O–H groups in total. The van der Waals surface area contributed by atoms with Crippen LogP contribution < -0.4 is 11.1 Å². The number of amides is 1. The number of rotatable bonds is 8. The minimum Gasteiger partial charge on any atom is -0.351 e. The van der Waals surface area contributed by atoms with Gasteiger partial charge in [0.25, 0.3) is 0 Å². The Morgan fingerprint density at radius 3 is 2.46 bits per heavy atom. The summed E-state index contributed by atoms with van der Waals surface area (Å²) in [6, 6.07) is 8.15. The van der Waals surface area contributed by atoms with Gasteiger partial charge in [0.15, 0.2) is 0 Å². The fourth-order valence-corrected chi connectivity index (χ4v) is 3.32. The van der Waals surface area contributed by atoms with E-state index in [9.17, 15) is 4.79 Å². The summed E-state index contributed by atoms with van der Waals surface area (Å²) in [5.41, 5.74) is 8.33. The lowest BCUT2D eigenvalue weighted by molar-refractivity contribution is -0.122. The van der Waals surface area contributed by atoms with E-state index in [-0.39, 0.29) is 18.3 Å². The third-order valence-electron chi connectivity index (χ3n) is 4.31. The third-order valence-corrected chi connectivity index (χ3v) is 4.96. The predicted molar refractivity (Wildman–Crippen MR) is 106 cm³/mol. The Morgan fingerprint density at radius 2 is 1.83 bits per heavy atom. The van der Waals surface area contributed by atoms with Crippen LogP contribution in [0.4, 0.5) is 0 Å². The number of likely N-dealkylation sites (tertiary alicyclic amines) is 1. The van der Waals surface area contributed by atoms with Crippen molar-refractivity contribution in [1.82, 2.24) is 10.2 Å². The summed E-state index contributed by atoms with van der Waals surface area (Å²) in [5.74, 6) is 0.858. The van der Waals surface area contributed by atoms with Crippen molar-refractivity contribution in [3.05, 3.63) is 35.4 Å². The highest BCUT2D eigenvalue weighted by molar-refractivity contribution is 7.98. The van der Waals surface area contributed by atoms with E-state index >= 15 is 0 Å². The lowest BCUT2D eigenvalue weighted by Crippen LogP contribution is -2.40. The van der Waals surface area contributed by atoms with E-state index in [1.807, 2.05) is 6.26 Å². The van der Waals surface area contributed by atoms with Gasteiger partial charge in [0.1, 0.15) is 0 Å². The fourth-order valence-electron chi connectivity index (χ4n) is 2.83. The van der Waals surface area contributed by atoms with Gasteiger partial charge in [-0.2, -0.15) is 11.8 Å².